The number of hydrazine groups is 1. The van der Waals surface area contributed by atoms with E-state index in [2.05, 4.69) is 5.43 Å². The summed E-state index contributed by atoms with van der Waals surface area (Å²) >= 11 is 10.6. The predicted molar refractivity (Wildman–Crippen MR) is 63.4 cm³/mol. The number of benzene rings is 1. The molecule has 3 nitrogen and oxygen atoms in total. The summed E-state index contributed by atoms with van der Waals surface area (Å²) in [6.07, 6.45) is 0. The molecular weight excluding hydrogens is 243 g/mol. The first-order valence-corrected chi connectivity index (χ1v) is 4.39. The van der Waals surface area contributed by atoms with Gasteiger partial charge in [0, 0.05) is 10.6 Å². The van der Waals surface area contributed by atoms with E-state index in [0.29, 0.717) is 11.6 Å². The van der Waals surface area contributed by atoms with E-state index in [4.69, 9.17) is 34.4 Å². The van der Waals surface area contributed by atoms with Crippen molar-refractivity contribution in [2.75, 3.05) is 0 Å². The second kappa shape index (κ2) is 6.84. The molecule has 14 heavy (non-hydrogen) atoms. The van der Waals surface area contributed by atoms with Crippen molar-refractivity contribution in [1.29, 1.82) is 0 Å². The minimum atomic E-state index is 0. The molecule has 3 N–H and O–H groups in total. The summed E-state index contributed by atoms with van der Waals surface area (Å²) in [4.78, 5) is 0. The van der Waals surface area contributed by atoms with E-state index in [9.17, 15) is 0 Å². The number of halogens is 2. The highest BCUT2D eigenvalue weighted by atomic mass is 35.5. The molecule has 0 saturated carbocycles. The fourth-order valence-electron chi connectivity index (χ4n) is 0.800. The van der Waals surface area contributed by atoms with Crippen LogP contribution < -0.4 is 11.3 Å². The fraction of sp³-hybridized carbons (Fsp3) is 0.125. The molecule has 0 atom stereocenters. The van der Waals surface area contributed by atoms with Gasteiger partial charge in [-0.1, -0.05) is 29.8 Å². The average Bonchev–Trinajstić information content (AvgIpc) is 2.16. The van der Waals surface area contributed by atoms with E-state index >= 15 is 0 Å². The van der Waals surface area contributed by atoms with Gasteiger partial charge >= 0.3 is 0 Å². The topological polar surface area (TPSA) is 47.3 Å². The number of rotatable bonds is 2. The van der Waals surface area contributed by atoms with Crippen LogP contribution in [0.15, 0.2) is 24.3 Å². The van der Waals surface area contributed by atoms with Crippen molar-refractivity contribution in [3.63, 3.8) is 0 Å². The third-order valence-electron chi connectivity index (χ3n) is 1.43. The quantitative estimate of drug-likeness (QED) is 0.481. The van der Waals surface area contributed by atoms with Gasteiger partial charge < -0.3 is 4.74 Å². The van der Waals surface area contributed by atoms with Gasteiger partial charge in [-0.2, -0.15) is 0 Å². The highest BCUT2D eigenvalue weighted by Gasteiger charge is 2.00. The molecule has 0 heterocycles. The van der Waals surface area contributed by atoms with Gasteiger partial charge in [0.1, 0.15) is 6.61 Å². The van der Waals surface area contributed by atoms with Gasteiger partial charge in [-0.15, -0.1) is 12.4 Å². The number of ether oxygens (including phenoxy) is 1. The van der Waals surface area contributed by atoms with Crippen molar-refractivity contribution in [3.8, 4) is 0 Å². The first-order valence-electron chi connectivity index (χ1n) is 3.61. The van der Waals surface area contributed by atoms with Gasteiger partial charge in [0.05, 0.1) is 0 Å². The second-order valence-corrected chi connectivity index (χ2v) is 3.09. The molecule has 0 bridgehead atoms. The van der Waals surface area contributed by atoms with Crippen LogP contribution in [0, 0.1) is 0 Å². The molecule has 6 heteroatoms. The van der Waals surface area contributed by atoms with Crippen LogP contribution in [0.2, 0.25) is 5.02 Å². The Hall–Kier alpha value is -0.550. The molecule has 0 aliphatic heterocycles. The normalized spacial score (nSPS) is 8.71. The first kappa shape index (κ1) is 13.4. The standard InChI is InChI=1S/C8H9ClN2OS.ClH/c9-7-4-2-1-3-6(7)5-12-8(13)11-10;/h1-4H,5,10H2,(H,11,13);1H. The van der Waals surface area contributed by atoms with Crippen molar-refractivity contribution >= 4 is 41.4 Å². The molecule has 0 saturated heterocycles. The van der Waals surface area contributed by atoms with Crippen molar-refractivity contribution in [2.24, 2.45) is 5.84 Å². The summed E-state index contributed by atoms with van der Waals surface area (Å²) in [6.45, 7) is 0.322. The van der Waals surface area contributed by atoms with Crippen LogP contribution >= 0.6 is 36.2 Å². The van der Waals surface area contributed by atoms with E-state index in [1.54, 1.807) is 6.07 Å². The Morgan fingerprint density at radius 3 is 2.71 bits per heavy atom. The van der Waals surface area contributed by atoms with Crippen LogP contribution in [0.1, 0.15) is 5.56 Å². The minimum absolute atomic E-state index is 0. The lowest BCUT2D eigenvalue weighted by Gasteiger charge is -2.06. The lowest BCUT2D eigenvalue weighted by atomic mass is 10.2. The molecule has 1 rings (SSSR count). The molecular formula is C8H10Cl2N2OS. The van der Waals surface area contributed by atoms with E-state index in [-0.39, 0.29) is 17.6 Å². The smallest absolute Gasteiger partial charge is 0.271 e. The number of hydrogen-bond donors (Lipinski definition) is 2. The Bertz CT molecular complexity index is 309. The molecule has 1 aromatic carbocycles. The molecule has 0 aromatic heterocycles. The third kappa shape index (κ3) is 4.11. The molecule has 0 aliphatic carbocycles. The molecule has 0 aliphatic rings. The van der Waals surface area contributed by atoms with E-state index in [0.717, 1.165) is 5.56 Å². The van der Waals surface area contributed by atoms with Crippen LogP contribution in [0.25, 0.3) is 0 Å². The molecule has 0 spiro atoms. The Morgan fingerprint density at radius 2 is 2.14 bits per heavy atom. The summed E-state index contributed by atoms with van der Waals surface area (Å²) in [5.74, 6) is 5.03. The SMILES string of the molecule is Cl.NNC(=S)OCc1ccccc1Cl. The monoisotopic (exact) mass is 252 g/mol. The minimum Gasteiger partial charge on any atom is -0.465 e. The Morgan fingerprint density at radius 1 is 1.50 bits per heavy atom. The van der Waals surface area contributed by atoms with Gasteiger partial charge in [-0.05, 0) is 18.3 Å². The largest absolute Gasteiger partial charge is 0.465 e. The lowest BCUT2D eigenvalue weighted by molar-refractivity contribution is 0.287. The predicted octanol–water partition coefficient (Wildman–Crippen LogP) is 2.03. The zero-order valence-corrected chi connectivity index (χ0v) is 9.59. The van der Waals surface area contributed by atoms with Crippen LogP contribution in [0.3, 0.4) is 0 Å². The van der Waals surface area contributed by atoms with E-state index in [1.165, 1.54) is 0 Å². The number of nitrogens with one attached hydrogen (secondary N) is 1. The van der Waals surface area contributed by atoms with Gasteiger partial charge in [-0.25, -0.2) is 5.84 Å². The number of hydrogen-bond acceptors (Lipinski definition) is 3. The van der Waals surface area contributed by atoms with Crippen molar-refractivity contribution < 1.29 is 4.74 Å². The van der Waals surface area contributed by atoms with Gasteiger partial charge in [0.15, 0.2) is 0 Å². The summed E-state index contributed by atoms with van der Waals surface area (Å²) in [5.41, 5.74) is 3.10. The zero-order valence-electron chi connectivity index (χ0n) is 7.20. The summed E-state index contributed by atoms with van der Waals surface area (Å²) in [7, 11) is 0. The molecule has 0 unspecified atom stereocenters. The Balaban J connectivity index is 0.00000169. The highest BCUT2D eigenvalue weighted by Crippen LogP contribution is 2.15. The van der Waals surface area contributed by atoms with Gasteiger partial charge in [-0.3, -0.25) is 5.43 Å². The van der Waals surface area contributed by atoms with Crippen LogP contribution in [-0.2, 0) is 11.3 Å². The zero-order chi connectivity index (χ0) is 9.68. The average molecular weight is 253 g/mol. The molecule has 0 amide bonds. The van der Waals surface area contributed by atoms with Crippen molar-refractivity contribution in [3.05, 3.63) is 34.9 Å². The van der Waals surface area contributed by atoms with Crippen LogP contribution in [-0.4, -0.2) is 5.17 Å². The van der Waals surface area contributed by atoms with Crippen molar-refractivity contribution in [1.82, 2.24) is 5.43 Å². The first-order chi connectivity index (χ1) is 6.24. The number of nitrogens with two attached hydrogens (primary N) is 1. The maximum Gasteiger partial charge on any atom is 0.271 e. The van der Waals surface area contributed by atoms with Gasteiger partial charge in [0.2, 0.25) is 0 Å². The third-order valence-corrected chi connectivity index (χ3v) is 2.04. The van der Waals surface area contributed by atoms with Crippen molar-refractivity contribution in [2.45, 2.75) is 6.61 Å². The van der Waals surface area contributed by atoms with Gasteiger partial charge in [0.25, 0.3) is 5.17 Å². The lowest BCUT2D eigenvalue weighted by Crippen LogP contribution is -2.30. The maximum absolute atomic E-state index is 5.88. The fourth-order valence-corrected chi connectivity index (χ4v) is 1.05. The van der Waals surface area contributed by atoms with Crippen LogP contribution in [0.4, 0.5) is 0 Å². The summed E-state index contributed by atoms with van der Waals surface area (Å²) in [5, 5.41) is 0.808. The Labute approximate surface area is 98.9 Å². The van der Waals surface area contributed by atoms with E-state index in [1.807, 2.05) is 18.2 Å². The highest BCUT2D eigenvalue weighted by molar-refractivity contribution is 7.80. The summed E-state index contributed by atoms with van der Waals surface area (Å²) in [6, 6.07) is 7.38. The molecule has 0 radical (unpaired) electrons. The number of thiocarbonyl (C=S) groups is 1. The molecule has 1 aromatic rings. The van der Waals surface area contributed by atoms with Crippen LogP contribution in [0.5, 0.6) is 0 Å². The second-order valence-electron chi connectivity index (χ2n) is 2.31. The maximum atomic E-state index is 5.88. The Kier molecular flexibility index (Phi) is 6.57. The summed E-state index contributed by atoms with van der Waals surface area (Å²) < 4.78 is 5.07. The van der Waals surface area contributed by atoms with E-state index < -0.39 is 0 Å². The molecule has 0 fully saturated rings. The molecule has 78 valence electrons.